The molecule has 3 aromatic carbocycles. The average molecular weight is 546 g/mol. The molecule has 1 amide bonds. The fourth-order valence-electron chi connectivity index (χ4n) is 5.15. The molecule has 4 aromatic rings. The zero-order valence-corrected chi connectivity index (χ0v) is 22.9. The number of hydrogen-bond acceptors (Lipinski definition) is 4. The Hall–Kier alpha value is -4.91. The second-order valence-electron chi connectivity index (χ2n) is 10.0. The lowest BCUT2D eigenvalue weighted by Gasteiger charge is -2.15. The summed E-state index contributed by atoms with van der Waals surface area (Å²) in [4.78, 5) is 45.2. The van der Waals surface area contributed by atoms with Crippen molar-refractivity contribution in [2.75, 3.05) is 0 Å². The van der Waals surface area contributed by atoms with Crippen LogP contribution in [0.5, 0.6) is 0 Å². The zero-order valence-electron chi connectivity index (χ0n) is 22.9. The Kier molecular flexibility index (Phi) is 8.44. The SMILES string of the molecule is CCCCc1nc2c(n1Cc1ccc(-c3ccccc3C(=O)O)cc1)CC(=NC(=O)c1ccccc1CC=O)C=C2. The minimum atomic E-state index is -0.952. The molecule has 1 N–H and O–H groups in total. The molecule has 0 fully saturated rings. The predicted molar refractivity (Wildman–Crippen MR) is 159 cm³/mol. The Morgan fingerprint density at radius 1 is 0.976 bits per heavy atom. The smallest absolute Gasteiger partial charge is 0.336 e. The van der Waals surface area contributed by atoms with Gasteiger partial charge in [0.05, 0.1) is 22.7 Å². The molecule has 0 bridgehead atoms. The third-order valence-corrected chi connectivity index (χ3v) is 7.28. The van der Waals surface area contributed by atoms with Gasteiger partial charge in [-0.1, -0.05) is 74.0 Å². The number of carboxylic acids is 1. The van der Waals surface area contributed by atoms with Gasteiger partial charge < -0.3 is 14.5 Å². The van der Waals surface area contributed by atoms with Crippen LogP contribution in [0.3, 0.4) is 0 Å². The number of rotatable bonds is 10. The first-order valence-electron chi connectivity index (χ1n) is 13.8. The zero-order chi connectivity index (χ0) is 28.8. The number of aryl methyl sites for hydroxylation is 1. The molecule has 0 spiro atoms. The molecule has 7 heteroatoms. The number of carboxylic acid groups (broad SMARTS) is 1. The van der Waals surface area contributed by atoms with Crippen molar-refractivity contribution in [3.8, 4) is 11.1 Å². The number of carbonyl (C=O) groups excluding carboxylic acids is 2. The summed E-state index contributed by atoms with van der Waals surface area (Å²) < 4.78 is 2.22. The molecule has 0 atom stereocenters. The summed E-state index contributed by atoms with van der Waals surface area (Å²) in [6.07, 6.45) is 8.09. The van der Waals surface area contributed by atoms with E-state index in [0.29, 0.717) is 35.4 Å². The quantitative estimate of drug-likeness (QED) is 0.238. The molecule has 1 aromatic heterocycles. The molecule has 0 saturated heterocycles. The summed E-state index contributed by atoms with van der Waals surface area (Å²) in [5.41, 5.74) is 6.50. The number of imidazole rings is 1. The van der Waals surface area contributed by atoms with Gasteiger partial charge in [0.15, 0.2) is 0 Å². The van der Waals surface area contributed by atoms with Crippen molar-refractivity contribution in [2.24, 2.45) is 4.99 Å². The number of hydrogen-bond donors (Lipinski definition) is 1. The molecule has 0 saturated carbocycles. The maximum absolute atomic E-state index is 13.1. The van der Waals surface area contributed by atoms with Gasteiger partial charge in [0.1, 0.15) is 12.1 Å². The summed E-state index contributed by atoms with van der Waals surface area (Å²) in [5.74, 6) is -0.322. The number of fused-ring (bicyclic) bond motifs is 1. The minimum Gasteiger partial charge on any atom is -0.478 e. The highest BCUT2D eigenvalue weighted by Gasteiger charge is 2.21. The van der Waals surface area contributed by atoms with Crippen molar-refractivity contribution in [1.82, 2.24) is 9.55 Å². The van der Waals surface area contributed by atoms with Gasteiger partial charge in [-0.3, -0.25) is 4.79 Å². The van der Waals surface area contributed by atoms with E-state index >= 15 is 0 Å². The molecular formula is C34H31N3O4. The van der Waals surface area contributed by atoms with Gasteiger partial charge in [-0.2, -0.15) is 0 Å². The van der Waals surface area contributed by atoms with E-state index in [9.17, 15) is 19.5 Å². The first-order valence-corrected chi connectivity index (χ1v) is 13.8. The summed E-state index contributed by atoms with van der Waals surface area (Å²) in [6, 6.07) is 22.0. The number of unbranched alkanes of at least 4 members (excludes halogenated alkanes) is 1. The van der Waals surface area contributed by atoms with E-state index in [0.717, 1.165) is 53.9 Å². The lowest BCUT2D eigenvalue weighted by atomic mass is 9.98. The van der Waals surface area contributed by atoms with Crippen LogP contribution in [0.25, 0.3) is 17.2 Å². The van der Waals surface area contributed by atoms with Gasteiger partial charge in [0.2, 0.25) is 0 Å². The van der Waals surface area contributed by atoms with Crippen molar-refractivity contribution in [3.05, 3.63) is 118 Å². The number of benzene rings is 3. The molecule has 206 valence electrons. The van der Waals surface area contributed by atoms with Crippen LogP contribution in [0.15, 0.2) is 83.9 Å². The van der Waals surface area contributed by atoms with Crippen molar-refractivity contribution in [1.29, 1.82) is 0 Å². The van der Waals surface area contributed by atoms with E-state index in [1.54, 1.807) is 30.3 Å². The highest BCUT2D eigenvalue weighted by molar-refractivity contribution is 6.11. The first kappa shape index (κ1) is 27.6. The van der Waals surface area contributed by atoms with Crippen LogP contribution in [0.2, 0.25) is 0 Å². The Bertz CT molecular complexity index is 1660. The number of carbonyl (C=O) groups is 3. The average Bonchev–Trinajstić information content (AvgIpc) is 3.33. The Morgan fingerprint density at radius 3 is 2.44 bits per heavy atom. The van der Waals surface area contributed by atoms with Gasteiger partial charge in [0, 0.05) is 31.4 Å². The van der Waals surface area contributed by atoms with E-state index in [2.05, 4.69) is 16.5 Å². The van der Waals surface area contributed by atoms with Gasteiger partial charge >= 0.3 is 5.97 Å². The van der Waals surface area contributed by atoms with Crippen molar-refractivity contribution in [3.63, 3.8) is 0 Å². The number of aromatic carboxylic acids is 1. The second kappa shape index (κ2) is 12.5. The normalized spacial score (nSPS) is 13.2. The third-order valence-electron chi connectivity index (χ3n) is 7.28. The second-order valence-corrected chi connectivity index (χ2v) is 10.0. The summed E-state index contributed by atoms with van der Waals surface area (Å²) in [7, 11) is 0. The van der Waals surface area contributed by atoms with Crippen LogP contribution in [0, 0.1) is 0 Å². The standard InChI is InChI=1S/C34H31N3O4/c1-2-3-12-32-36-30-18-17-26(35-33(39)28-10-5-4-8-24(28)19-20-38)21-31(30)37(32)22-23-13-15-25(16-14-23)27-9-6-7-11-29(27)34(40)41/h4-11,13-18,20H,2-3,12,19,21-22H2,1H3,(H,40,41). The Balaban J connectivity index is 1.43. The number of aliphatic imine (C=N–C) groups is 1. The van der Waals surface area contributed by atoms with Gasteiger partial charge in [-0.15, -0.1) is 0 Å². The predicted octanol–water partition coefficient (Wildman–Crippen LogP) is 6.23. The Morgan fingerprint density at radius 2 is 1.71 bits per heavy atom. The fourth-order valence-corrected chi connectivity index (χ4v) is 5.15. The van der Waals surface area contributed by atoms with E-state index in [-0.39, 0.29) is 17.9 Å². The molecule has 1 aliphatic rings. The number of nitrogens with zero attached hydrogens (tertiary/aromatic N) is 3. The maximum atomic E-state index is 13.1. The molecule has 41 heavy (non-hydrogen) atoms. The molecular weight excluding hydrogens is 514 g/mol. The molecule has 7 nitrogen and oxygen atoms in total. The van der Waals surface area contributed by atoms with Crippen molar-refractivity contribution in [2.45, 2.75) is 45.6 Å². The largest absolute Gasteiger partial charge is 0.478 e. The fraction of sp³-hybridized carbons (Fsp3) is 0.206. The molecule has 1 heterocycles. The van der Waals surface area contributed by atoms with Crippen LogP contribution in [-0.4, -0.2) is 38.5 Å². The number of aldehydes is 1. The number of allylic oxidation sites excluding steroid dienone is 1. The first-order chi connectivity index (χ1) is 20.0. The molecule has 0 radical (unpaired) electrons. The van der Waals surface area contributed by atoms with Gasteiger partial charge in [-0.25, -0.2) is 14.8 Å². The molecule has 0 aliphatic heterocycles. The Labute approximate surface area is 238 Å². The highest BCUT2D eigenvalue weighted by atomic mass is 16.4. The lowest BCUT2D eigenvalue weighted by molar-refractivity contribution is -0.107. The van der Waals surface area contributed by atoms with Crippen molar-refractivity contribution >= 4 is 30.0 Å². The van der Waals surface area contributed by atoms with Crippen LogP contribution >= 0.6 is 0 Å². The van der Waals surface area contributed by atoms with Gasteiger partial charge in [-0.05, 0) is 53.0 Å². The van der Waals surface area contributed by atoms with Crippen LogP contribution < -0.4 is 0 Å². The van der Waals surface area contributed by atoms with Crippen LogP contribution in [0.1, 0.15) is 68.8 Å². The van der Waals surface area contributed by atoms with Crippen molar-refractivity contribution < 1.29 is 19.5 Å². The third kappa shape index (κ3) is 6.14. The molecule has 0 unspecified atom stereocenters. The topological polar surface area (TPSA) is 102 Å². The van der Waals surface area contributed by atoms with Crippen LogP contribution in [0.4, 0.5) is 0 Å². The maximum Gasteiger partial charge on any atom is 0.336 e. The number of amides is 1. The monoisotopic (exact) mass is 545 g/mol. The van der Waals surface area contributed by atoms with E-state index < -0.39 is 5.97 Å². The van der Waals surface area contributed by atoms with Gasteiger partial charge in [0.25, 0.3) is 5.91 Å². The van der Waals surface area contributed by atoms with E-state index in [1.807, 2.05) is 54.6 Å². The lowest BCUT2D eigenvalue weighted by Crippen LogP contribution is -2.15. The van der Waals surface area contributed by atoms with Crippen LogP contribution in [-0.2, 0) is 30.6 Å². The summed E-state index contributed by atoms with van der Waals surface area (Å²) in [6.45, 7) is 2.75. The van der Waals surface area contributed by atoms with E-state index in [1.165, 1.54) is 0 Å². The summed E-state index contributed by atoms with van der Waals surface area (Å²) >= 11 is 0. The highest BCUT2D eigenvalue weighted by Crippen LogP contribution is 2.26. The number of aromatic nitrogens is 2. The minimum absolute atomic E-state index is 0.168. The molecule has 5 rings (SSSR count). The molecule has 1 aliphatic carbocycles. The van der Waals surface area contributed by atoms with E-state index in [4.69, 9.17) is 4.98 Å². The summed E-state index contributed by atoms with van der Waals surface area (Å²) in [5, 5.41) is 9.58.